The van der Waals surface area contributed by atoms with E-state index in [1.165, 1.54) is 5.56 Å². The molecule has 23 heavy (non-hydrogen) atoms. The number of aryl methyl sites for hydroxylation is 1. The SMILES string of the molecule is Cc1ccc(C(C)C)c(OCCNC(=O)c2ccccc2Cl)c1. The second kappa shape index (κ2) is 8.02. The van der Waals surface area contributed by atoms with Gasteiger partial charge in [-0.1, -0.05) is 49.7 Å². The number of carbonyl (C=O) groups excluding carboxylic acids is 1. The van der Waals surface area contributed by atoms with E-state index >= 15 is 0 Å². The first-order valence-electron chi connectivity index (χ1n) is 7.75. The van der Waals surface area contributed by atoms with Crippen molar-refractivity contribution in [1.82, 2.24) is 5.32 Å². The topological polar surface area (TPSA) is 38.3 Å². The molecule has 0 aliphatic heterocycles. The Morgan fingerprint density at radius 3 is 2.65 bits per heavy atom. The van der Waals surface area contributed by atoms with Crippen LogP contribution in [0.5, 0.6) is 5.75 Å². The van der Waals surface area contributed by atoms with Gasteiger partial charge in [-0.05, 0) is 42.2 Å². The van der Waals surface area contributed by atoms with E-state index in [-0.39, 0.29) is 5.91 Å². The number of nitrogens with one attached hydrogen (secondary N) is 1. The van der Waals surface area contributed by atoms with Crippen LogP contribution in [0.3, 0.4) is 0 Å². The Bertz CT molecular complexity index is 683. The number of rotatable bonds is 6. The summed E-state index contributed by atoms with van der Waals surface area (Å²) < 4.78 is 5.85. The van der Waals surface area contributed by atoms with E-state index in [0.717, 1.165) is 11.3 Å². The molecule has 0 saturated carbocycles. The lowest BCUT2D eigenvalue weighted by molar-refractivity contribution is 0.0947. The van der Waals surface area contributed by atoms with Gasteiger partial charge in [0.05, 0.1) is 17.1 Å². The van der Waals surface area contributed by atoms with Crippen LogP contribution in [0.4, 0.5) is 0 Å². The van der Waals surface area contributed by atoms with Crippen LogP contribution in [0.1, 0.15) is 41.3 Å². The molecule has 0 heterocycles. The van der Waals surface area contributed by atoms with Gasteiger partial charge in [-0.3, -0.25) is 4.79 Å². The van der Waals surface area contributed by atoms with Crippen LogP contribution in [-0.2, 0) is 0 Å². The Kier molecular flexibility index (Phi) is 6.05. The summed E-state index contributed by atoms with van der Waals surface area (Å²) in [6.45, 7) is 7.15. The molecule has 1 amide bonds. The lowest BCUT2D eigenvalue weighted by atomic mass is 10.0. The standard InChI is InChI=1S/C19H22ClNO2/c1-13(2)15-9-8-14(3)12-18(15)23-11-10-21-19(22)16-6-4-5-7-17(16)20/h4-9,12-13H,10-11H2,1-3H3,(H,21,22). The van der Waals surface area contributed by atoms with Gasteiger partial charge in [-0.25, -0.2) is 0 Å². The molecule has 0 bridgehead atoms. The lowest BCUT2D eigenvalue weighted by Gasteiger charge is -2.15. The van der Waals surface area contributed by atoms with Crippen LogP contribution in [0.15, 0.2) is 42.5 Å². The van der Waals surface area contributed by atoms with Gasteiger partial charge in [0, 0.05) is 0 Å². The highest BCUT2D eigenvalue weighted by atomic mass is 35.5. The summed E-state index contributed by atoms with van der Waals surface area (Å²) in [5.74, 6) is 1.09. The minimum Gasteiger partial charge on any atom is -0.491 e. The quantitative estimate of drug-likeness (QED) is 0.787. The van der Waals surface area contributed by atoms with E-state index in [9.17, 15) is 4.79 Å². The molecule has 0 aliphatic carbocycles. The Hall–Kier alpha value is -2.00. The van der Waals surface area contributed by atoms with E-state index < -0.39 is 0 Å². The van der Waals surface area contributed by atoms with E-state index in [0.29, 0.717) is 29.7 Å². The summed E-state index contributed by atoms with van der Waals surface area (Å²) in [5.41, 5.74) is 2.81. The molecule has 3 nitrogen and oxygen atoms in total. The van der Waals surface area contributed by atoms with Crippen molar-refractivity contribution < 1.29 is 9.53 Å². The molecule has 0 atom stereocenters. The molecule has 0 spiro atoms. The fourth-order valence-corrected chi connectivity index (χ4v) is 2.53. The molecular weight excluding hydrogens is 310 g/mol. The van der Waals surface area contributed by atoms with Gasteiger partial charge < -0.3 is 10.1 Å². The van der Waals surface area contributed by atoms with Crippen molar-refractivity contribution in [3.63, 3.8) is 0 Å². The van der Waals surface area contributed by atoms with Crippen LogP contribution in [0.25, 0.3) is 0 Å². The van der Waals surface area contributed by atoms with Gasteiger partial charge in [0.1, 0.15) is 12.4 Å². The van der Waals surface area contributed by atoms with Crippen molar-refractivity contribution >= 4 is 17.5 Å². The van der Waals surface area contributed by atoms with Crippen LogP contribution in [-0.4, -0.2) is 19.1 Å². The molecular formula is C19H22ClNO2. The van der Waals surface area contributed by atoms with Crippen molar-refractivity contribution in [2.75, 3.05) is 13.2 Å². The fourth-order valence-electron chi connectivity index (χ4n) is 2.31. The predicted molar refractivity (Wildman–Crippen MR) is 94.5 cm³/mol. The fraction of sp³-hybridized carbons (Fsp3) is 0.316. The second-order valence-electron chi connectivity index (χ2n) is 5.78. The molecule has 0 aliphatic rings. The molecule has 0 fully saturated rings. The highest BCUT2D eigenvalue weighted by molar-refractivity contribution is 6.33. The first-order valence-corrected chi connectivity index (χ1v) is 8.13. The van der Waals surface area contributed by atoms with Crippen LogP contribution in [0, 0.1) is 6.92 Å². The predicted octanol–water partition coefficient (Wildman–Crippen LogP) is 4.58. The van der Waals surface area contributed by atoms with Gasteiger partial charge in [0.25, 0.3) is 5.91 Å². The number of hydrogen-bond acceptors (Lipinski definition) is 2. The zero-order valence-electron chi connectivity index (χ0n) is 13.7. The first-order chi connectivity index (χ1) is 11.0. The highest BCUT2D eigenvalue weighted by Gasteiger charge is 2.10. The molecule has 1 N–H and O–H groups in total. The van der Waals surface area contributed by atoms with Gasteiger partial charge in [0.15, 0.2) is 0 Å². The molecule has 4 heteroatoms. The summed E-state index contributed by atoms with van der Waals surface area (Å²) in [4.78, 5) is 12.1. The maximum absolute atomic E-state index is 12.1. The Morgan fingerprint density at radius 2 is 1.96 bits per heavy atom. The van der Waals surface area contributed by atoms with Crippen molar-refractivity contribution in [3.8, 4) is 5.75 Å². The smallest absolute Gasteiger partial charge is 0.252 e. The normalized spacial score (nSPS) is 10.7. The third kappa shape index (κ3) is 4.73. The van der Waals surface area contributed by atoms with Crippen LogP contribution >= 0.6 is 11.6 Å². The van der Waals surface area contributed by atoms with Gasteiger partial charge >= 0.3 is 0 Å². The van der Waals surface area contributed by atoms with Crippen molar-refractivity contribution in [1.29, 1.82) is 0 Å². The monoisotopic (exact) mass is 331 g/mol. The molecule has 0 unspecified atom stereocenters. The average molecular weight is 332 g/mol. The largest absolute Gasteiger partial charge is 0.491 e. The van der Waals surface area contributed by atoms with Crippen molar-refractivity contribution in [3.05, 3.63) is 64.2 Å². The maximum atomic E-state index is 12.1. The summed E-state index contributed by atoms with van der Waals surface area (Å²) in [6.07, 6.45) is 0. The number of carbonyl (C=O) groups is 1. The van der Waals surface area contributed by atoms with E-state index in [4.69, 9.17) is 16.3 Å². The second-order valence-corrected chi connectivity index (χ2v) is 6.19. The minimum absolute atomic E-state index is 0.187. The average Bonchev–Trinajstić information content (AvgIpc) is 2.51. The summed E-state index contributed by atoms with van der Waals surface area (Å²) >= 11 is 6.01. The zero-order chi connectivity index (χ0) is 16.8. The Labute approximate surface area is 142 Å². The van der Waals surface area contributed by atoms with Crippen molar-refractivity contribution in [2.24, 2.45) is 0 Å². The Balaban J connectivity index is 1.90. The van der Waals surface area contributed by atoms with E-state index in [2.05, 4.69) is 31.3 Å². The van der Waals surface area contributed by atoms with Gasteiger partial charge in [-0.2, -0.15) is 0 Å². The van der Waals surface area contributed by atoms with Gasteiger partial charge in [0.2, 0.25) is 0 Å². The Morgan fingerprint density at radius 1 is 1.22 bits per heavy atom. The molecule has 2 rings (SSSR count). The molecule has 2 aromatic rings. The molecule has 2 aromatic carbocycles. The summed E-state index contributed by atoms with van der Waals surface area (Å²) in [6, 6.07) is 13.2. The lowest BCUT2D eigenvalue weighted by Crippen LogP contribution is -2.28. The summed E-state index contributed by atoms with van der Waals surface area (Å²) in [7, 11) is 0. The molecule has 0 radical (unpaired) electrons. The molecule has 0 saturated heterocycles. The first kappa shape index (κ1) is 17.4. The third-order valence-corrected chi connectivity index (χ3v) is 3.88. The van der Waals surface area contributed by atoms with Gasteiger partial charge in [-0.15, -0.1) is 0 Å². The maximum Gasteiger partial charge on any atom is 0.252 e. The van der Waals surface area contributed by atoms with E-state index in [1.807, 2.05) is 13.0 Å². The minimum atomic E-state index is -0.187. The van der Waals surface area contributed by atoms with Crippen LogP contribution in [0.2, 0.25) is 5.02 Å². The van der Waals surface area contributed by atoms with Crippen molar-refractivity contribution in [2.45, 2.75) is 26.7 Å². The highest BCUT2D eigenvalue weighted by Crippen LogP contribution is 2.27. The van der Waals surface area contributed by atoms with Crippen LogP contribution < -0.4 is 10.1 Å². The van der Waals surface area contributed by atoms with E-state index in [1.54, 1.807) is 24.3 Å². The molecule has 0 aromatic heterocycles. The molecule has 122 valence electrons. The number of ether oxygens (including phenoxy) is 1. The summed E-state index contributed by atoms with van der Waals surface area (Å²) in [5, 5.41) is 3.28. The zero-order valence-corrected chi connectivity index (χ0v) is 14.5. The number of halogens is 1. The number of benzene rings is 2. The number of hydrogen-bond donors (Lipinski definition) is 1. The third-order valence-electron chi connectivity index (χ3n) is 3.55. The number of amides is 1.